The van der Waals surface area contributed by atoms with Gasteiger partial charge in [-0.05, 0) is 23.8 Å². The van der Waals surface area contributed by atoms with E-state index in [0.29, 0.717) is 18.0 Å². The van der Waals surface area contributed by atoms with E-state index in [2.05, 4.69) is 0 Å². The maximum atomic E-state index is 12.3. The molecule has 0 bridgehead atoms. The maximum absolute atomic E-state index is 12.3. The molecule has 7 heteroatoms. The molecule has 1 heterocycles. The van der Waals surface area contributed by atoms with Crippen LogP contribution in [-0.4, -0.2) is 49.6 Å². The molecule has 21 heavy (non-hydrogen) atoms. The van der Waals surface area contributed by atoms with Gasteiger partial charge < -0.3 is 10.5 Å². The lowest BCUT2D eigenvalue weighted by Gasteiger charge is -2.34. The zero-order valence-corrected chi connectivity index (χ0v) is 14.0. The van der Waals surface area contributed by atoms with Crippen molar-refractivity contribution in [1.82, 2.24) is 4.90 Å². The molecule has 0 radical (unpaired) electrons. The summed E-state index contributed by atoms with van der Waals surface area (Å²) in [6.45, 7) is 2.99. The fourth-order valence-electron chi connectivity index (χ4n) is 2.38. The molecule has 0 saturated carbocycles. The van der Waals surface area contributed by atoms with Gasteiger partial charge in [0.25, 0.3) is 0 Å². The molecule has 1 atom stereocenters. The van der Waals surface area contributed by atoms with Gasteiger partial charge in [-0.1, -0.05) is 6.92 Å². The summed E-state index contributed by atoms with van der Waals surface area (Å²) in [7, 11) is -1.48. The molecule has 2 rings (SSSR count). The minimum Gasteiger partial charge on any atom is -0.497 e. The number of benzene rings is 1. The molecule has 118 valence electrons. The third kappa shape index (κ3) is 3.84. The van der Waals surface area contributed by atoms with Gasteiger partial charge in [0.15, 0.2) is 9.84 Å². The molecule has 1 aliphatic rings. The van der Waals surface area contributed by atoms with Crippen molar-refractivity contribution < 1.29 is 13.2 Å². The van der Waals surface area contributed by atoms with E-state index in [4.69, 9.17) is 10.5 Å². The number of methoxy groups -OCH3 is 1. The molecule has 1 saturated heterocycles. The van der Waals surface area contributed by atoms with Gasteiger partial charge in [0, 0.05) is 36.0 Å². The molecular formula is C14H22N2O3S2. The number of sulfone groups is 1. The summed E-state index contributed by atoms with van der Waals surface area (Å²) >= 11 is 1.69. The zero-order valence-electron chi connectivity index (χ0n) is 12.4. The quantitative estimate of drug-likeness (QED) is 0.827. The molecule has 1 aliphatic heterocycles. The highest BCUT2D eigenvalue weighted by Gasteiger charge is 2.32. The van der Waals surface area contributed by atoms with Crippen molar-refractivity contribution in [2.45, 2.75) is 18.8 Å². The van der Waals surface area contributed by atoms with Gasteiger partial charge >= 0.3 is 0 Å². The average Bonchev–Trinajstić information content (AvgIpc) is 2.50. The molecule has 0 spiro atoms. The monoisotopic (exact) mass is 330 g/mol. The minimum absolute atomic E-state index is 0.169. The molecular weight excluding hydrogens is 308 g/mol. The number of hydrogen-bond donors (Lipinski definition) is 1. The van der Waals surface area contributed by atoms with Crippen LogP contribution in [0.2, 0.25) is 0 Å². The Morgan fingerprint density at radius 1 is 1.48 bits per heavy atom. The SMILES string of the molecule is CCS(=O)(=O)C1CSCCN1Cc1cc(OC)ccc1N. The Kier molecular flexibility index (Phi) is 5.40. The van der Waals surface area contributed by atoms with Crippen molar-refractivity contribution in [2.75, 3.05) is 36.6 Å². The van der Waals surface area contributed by atoms with Gasteiger partial charge in [-0.15, -0.1) is 0 Å². The zero-order chi connectivity index (χ0) is 15.5. The van der Waals surface area contributed by atoms with Gasteiger partial charge in [-0.25, -0.2) is 8.42 Å². The van der Waals surface area contributed by atoms with Gasteiger partial charge in [0.05, 0.1) is 7.11 Å². The first-order chi connectivity index (χ1) is 9.97. The Morgan fingerprint density at radius 3 is 2.90 bits per heavy atom. The van der Waals surface area contributed by atoms with Crippen molar-refractivity contribution in [2.24, 2.45) is 0 Å². The van der Waals surface area contributed by atoms with E-state index in [-0.39, 0.29) is 5.75 Å². The number of thioether (sulfide) groups is 1. The number of nitrogens with zero attached hydrogens (tertiary/aromatic N) is 1. The lowest BCUT2D eigenvalue weighted by Crippen LogP contribution is -2.47. The topological polar surface area (TPSA) is 72.6 Å². The van der Waals surface area contributed by atoms with Crippen LogP contribution >= 0.6 is 11.8 Å². The molecule has 1 aromatic carbocycles. The number of ether oxygens (including phenoxy) is 1. The van der Waals surface area contributed by atoms with E-state index < -0.39 is 15.2 Å². The van der Waals surface area contributed by atoms with Crippen molar-refractivity contribution in [3.05, 3.63) is 23.8 Å². The van der Waals surface area contributed by atoms with E-state index in [9.17, 15) is 8.42 Å². The Bertz CT molecular complexity index is 590. The number of hydrogen-bond acceptors (Lipinski definition) is 6. The lowest BCUT2D eigenvalue weighted by atomic mass is 10.1. The molecule has 0 aromatic heterocycles. The fourth-order valence-corrected chi connectivity index (χ4v) is 5.46. The number of nitrogens with two attached hydrogens (primary N) is 1. The van der Waals surface area contributed by atoms with E-state index in [1.807, 2.05) is 17.0 Å². The third-order valence-corrected chi connectivity index (χ3v) is 7.06. The molecule has 0 amide bonds. The van der Waals surface area contributed by atoms with Crippen molar-refractivity contribution >= 4 is 27.3 Å². The highest BCUT2D eigenvalue weighted by Crippen LogP contribution is 2.26. The number of anilines is 1. The Morgan fingerprint density at radius 2 is 2.24 bits per heavy atom. The summed E-state index contributed by atoms with van der Waals surface area (Å²) in [5.74, 6) is 2.47. The summed E-state index contributed by atoms with van der Waals surface area (Å²) < 4.78 is 29.7. The van der Waals surface area contributed by atoms with Crippen LogP contribution in [0, 0.1) is 0 Å². The standard InChI is InChI=1S/C14H22N2O3S2/c1-3-21(17,18)14-10-20-7-6-16(14)9-11-8-12(19-2)4-5-13(11)15/h4-5,8,14H,3,6-7,9-10,15H2,1-2H3. The maximum Gasteiger partial charge on any atom is 0.166 e. The van der Waals surface area contributed by atoms with Crippen LogP contribution in [0.4, 0.5) is 5.69 Å². The Hall–Kier alpha value is -0.920. The summed E-state index contributed by atoms with van der Waals surface area (Å²) in [5.41, 5.74) is 7.59. The van der Waals surface area contributed by atoms with Crippen molar-refractivity contribution in [1.29, 1.82) is 0 Å². The molecule has 1 fully saturated rings. The first-order valence-electron chi connectivity index (χ1n) is 6.93. The normalized spacial score (nSPS) is 20.4. The predicted octanol–water partition coefficient (Wildman–Crippen LogP) is 1.59. The molecule has 1 unspecified atom stereocenters. The average molecular weight is 330 g/mol. The smallest absolute Gasteiger partial charge is 0.166 e. The first kappa shape index (κ1) is 16.5. The third-order valence-electron chi connectivity index (χ3n) is 3.73. The fraction of sp³-hybridized carbons (Fsp3) is 0.571. The van der Waals surface area contributed by atoms with Gasteiger partial charge in [0.2, 0.25) is 0 Å². The van der Waals surface area contributed by atoms with E-state index in [1.54, 1.807) is 31.9 Å². The minimum atomic E-state index is -3.09. The largest absolute Gasteiger partial charge is 0.497 e. The Labute approximate surface area is 130 Å². The highest BCUT2D eigenvalue weighted by atomic mass is 32.2. The van der Waals surface area contributed by atoms with Gasteiger partial charge in [-0.3, -0.25) is 4.90 Å². The van der Waals surface area contributed by atoms with Crippen LogP contribution < -0.4 is 10.5 Å². The van der Waals surface area contributed by atoms with Crippen molar-refractivity contribution in [3.63, 3.8) is 0 Å². The lowest BCUT2D eigenvalue weighted by molar-refractivity contribution is 0.262. The summed E-state index contributed by atoms with van der Waals surface area (Å²) in [4.78, 5) is 2.01. The molecule has 2 N–H and O–H groups in total. The van der Waals surface area contributed by atoms with Gasteiger partial charge in [0.1, 0.15) is 11.1 Å². The van der Waals surface area contributed by atoms with Crippen LogP contribution in [0.15, 0.2) is 18.2 Å². The van der Waals surface area contributed by atoms with Crippen LogP contribution in [-0.2, 0) is 16.4 Å². The van der Waals surface area contributed by atoms with E-state index in [0.717, 1.165) is 23.6 Å². The van der Waals surface area contributed by atoms with Gasteiger partial charge in [-0.2, -0.15) is 11.8 Å². The van der Waals surface area contributed by atoms with Crippen LogP contribution in [0.5, 0.6) is 5.75 Å². The van der Waals surface area contributed by atoms with Crippen molar-refractivity contribution in [3.8, 4) is 5.75 Å². The number of rotatable bonds is 5. The summed E-state index contributed by atoms with van der Waals surface area (Å²) in [6.07, 6.45) is 0. The molecule has 0 aliphatic carbocycles. The van der Waals surface area contributed by atoms with E-state index >= 15 is 0 Å². The van der Waals surface area contributed by atoms with Crippen LogP contribution in [0.1, 0.15) is 12.5 Å². The highest BCUT2D eigenvalue weighted by molar-refractivity contribution is 8.01. The van der Waals surface area contributed by atoms with Crippen LogP contribution in [0.25, 0.3) is 0 Å². The number of nitrogen functional groups attached to an aromatic ring is 1. The second-order valence-electron chi connectivity index (χ2n) is 5.02. The van der Waals surface area contributed by atoms with E-state index in [1.165, 1.54) is 0 Å². The second-order valence-corrected chi connectivity index (χ2v) is 8.61. The summed E-state index contributed by atoms with van der Waals surface area (Å²) in [6, 6.07) is 5.49. The molecule has 1 aromatic rings. The first-order valence-corrected chi connectivity index (χ1v) is 9.80. The second kappa shape index (κ2) is 6.89. The Balaban J connectivity index is 2.23. The van der Waals surface area contributed by atoms with Crippen LogP contribution in [0.3, 0.4) is 0 Å². The predicted molar refractivity (Wildman–Crippen MR) is 88.4 cm³/mol. The summed E-state index contributed by atoms with van der Waals surface area (Å²) in [5, 5.41) is -0.424. The molecule has 5 nitrogen and oxygen atoms in total.